The van der Waals surface area contributed by atoms with Gasteiger partial charge < -0.3 is 14.6 Å². The molecule has 32 heavy (non-hydrogen) atoms. The van der Waals surface area contributed by atoms with Gasteiger partial charge in [0.1, 0.15) is 11.6 Å². The highest BCUT2D eigenvalue weighted by Gasteiger charge is 2.13. The maximum atomic E-state index is 12.5. The third kappa shape index (κ3) is 6.25. The van der Waals surface area contributed by atoms with Crippen LogP contribution in [0.4, 0.5) is 5.69 Å². The Morgan fingerprint density at radius 3 is 2.47 bits per heavy atom. The second-order valence-electron chi connectivity index (χ2n) is 7.87. The van der Waals surface area contributed by atoms with Crippen LogP contribution in [0.1, 0.15) is 34.5 Å². The molecule has 0 saturated carbocycles. The molecule has 1 N–H and O–H groups in total. The summed E-state index contributed by atoms with van der Waals surface area (Å²) in [6.07, 6.45) is 2.79. The number of amides is 1. The zero-order valence-corrected chi connectivity index (χ0v) is 22.1. The number of benzene rings is 2. The quantitative estimate of drug-likeness (QED) is 0.284. The van der Waals surface area contributed by atoms with Crippen LogP contribution in [0.15, 0.2) is 35.5 Å². The Labute approximate surface area is 207 Å². The van der Waals surface area contributed by atoms with Crippen molar-refractivity contribution in [1.29, 1.82) is 0 Å². The van der Waals surface area contributed by atoms with Gasteiger partial charge in [0.15, 0.2) is 5.16 Å². The molecule has 0 aliphatic rings. The molecule has 3 aromatic rings. The fourth-order valence-electron chi connectivity index (χ4n) is 3.65. The van der Waals surface area contributed by atoms with E-state index >= 15 is 0 Å². The van der Waals surface area contributed by atoms with Crippen LogP contribution in [0, 0.1) is 24.3 Å². The molecule has 0 bridgehead atoms. The van der Waals surface area contributed by atoms with Crippen LogP contribution in [-0.4, -0.2) is 33.5 Å². The summed E-state index contributed by atoms with van der Waals surface area (Å²) in [6, 6.07) is 10.4. The van der Waals surface area contributed by atoms with Crippen LogP contribution in [0.25, 0.3) is 0 Å². The van der Waals surface area contributed by atoms with Crippen molar-refractivity contribution in [1.82, 2.24) is 14.8 Å². The van der Waals surface area contributed by atoms with E-state index in [0.29, 0.717) is 5.75 Å². The van der Waals surface area contributed by atoms with E-state index in [1.165, 1.54) is 20.9 Å². The largest absolute Gasteiger partial charge is 0.496 e. The highest BCUT2D eigenvalue weighted by molar-refractivity contribution is 14.1. The number of carbonyl (C=O) groups is 1. The number of hydrogen-bond acceptors (Lipinski definition) is 5. The summed E-state index contributed by atoms with van der Waals surface area (Å²) in [6.45, 7) is 6.09. The smallest absolute Gasteiger partial charge is 0.234 e. The fraction of sp³-hybridized carbons (Fsp3) is 0.375. The van der Waals surface area contributed by atoms with Crippen molar-refractivity contribution >= 4 is 45.9 Å². The zero-order chi connectivity index (χ0) is 23.3. The number of rotatable bonds is 9. The SMILES string of the molecule is COc1ccc(CCCc2nnc(SCC(=O)Nc3c(C)cc(I)cc3C)n2C)cc1C. The van der Waals surface area contributed by atoms with Gasteiger partial charge in [-0.1, -0.05) is 23.9 Å². The Balaban J connectivity index is 1.51. The van der Waals surface area contributed by atoms with Crippen molar-refractivity contribution in [3.63, 3.8) is 0 Å². The molecule has 6 nitrogen and oxygen atoms in total. The van der Waals surface area contributed by atoms with Crippen LogP contribution in [0.2, 0.25) is 0 Å². The van der Waals surface area contributed by atoms with E-state index < -0.39 is 0 Å². The molecule has 0 aliphatic carbocycles. The number of aromatic nitrogens is 3. The Hall–Kier alpha value is -2.07. The summed E-state index contributed by atoms with van der Waals surface area (Å²) in [4.78, 5) is 12.5. The Morgan fingerprint density at radius 1 is 1.09 bits per heavy atom. The number of methoxy groups -OCH3 is 1. The molecular formula is C24H29IN4O2S. The van der Waals surface area contributed by atoms with Gasteiger partial charge in [-0.25, -0.2) is 0 Å². The number of thioether (sulfide) groups is 1. The first-order valence-corrected chi connectivity index (χ1v) is 12.6. The minimum Gasteiger partial charge on any atom is -0.496 e. The van der Waals surface area contributed by atoms with E-state index in [-0.39, 0.29) is 5.91 Å². The van der Waals surface area contributed by atoms with Gasteiger partial charge in [-0.15, -0.1) is 10.2 Å². The third-order valence-corrected chi connectivity index (χ3v) is 6.99. The maximum absolute atomic E-state index is 12.5. The van der Waals surface area contributed by atoms with Gasteiger partial charge in [0, 0.05) is 22.7 Å². The topological polar surface area (TPSA) is 69.0 Å². The first-order chi connectivity index (χ1) is 15.3. The average molecular weight is 564 g/mol. The van der Waals surface area contributed by atoms with Gasteiger partial charge in [0.25, 0.3) is 0 Å². The molecule has 8 heteroatoms. The van der Waals surface area contributed by atoms with Crippen molar-refractivity contribution in [3.05, 3.63) is 62.0 Å². The summed E-state index contributed by atoms with van der Waals surface area (Å²) in [7, 11) is 3.65. The normalized spacial score (nSPS) is 10.9. The third-order valence-electron chi connectivity index (χ3n) is 5.34. The standard InChI is InChI=1S/C24H29IN4O2S/c1-15-11-18(9-10-20(15)31-5)7-6-8-21-27-28-24(29(21)4)32-14-22(30)26-23-16(2)12-19(25)13-17(23)3/h9-13H,6-8,14H2,1-5H3,(H,26,30). The molecule has 0 spiro atoms. The second-order valence-corrected chi connectivity index (χ2v) is 10.1. The molecule has 1 amide bonds. The number of aryl methyl sites for hydroxylation is 5. The molecule has 0 unspecified atom stereocenters. The van der Waals surface area contributed by atoms with E-state index in [1.54, 1.807) is 7.11 Å². The monoisotopic (exact) mass is 564 g/mol. The molecule has 0 atom stereocenters. The minimum absolute atomic E-state index is 0.0400. The van der Waals surface area contributed by atoms with Gasteiger partial charge >= 0.3 is 0 Å². The molecule has 1 heterocycles. The van der Waals surface area contributed by atoms with Crippen molar-refractivity contribution in [2.24, 2.45) is 7.05 Å². The predicted molar refractivity (Wildman–Crippen MR) is 139 cm³/mol. The van der Waals surface area contributed by atoms with Crippen molar-refractivity contribution < 1.29 is 9.53 Å². The van der Waals surface area contributed by atoms with Crippen molar-refractivity contribution in [2.45, 2.75) is 45.2 Å². The van der Waals surface area contributed by atoms with Gasteiger partial charge in [-0.2, -0.15) is 0 Å². The van der Waals surface area contributed by atoms with Crippen LogP contribution in [0.3, 0.4) is 0 Å². The second kappa shape index (κ2) is 11.2. The van der Waals surface area contributed by atoms with Crippen molar-refractivity contribution in [3.8, 4) is 5.75 Å². The number of nitrogens with zero attached hydrogens (tertiary/aromatic N) is 3. The Kier molecular flexibility index (Phi) is 8.58. The summed E-state index contributed by atoms with van der Waals surface area (Å²) < 4.78 is 8.48. The maximum Gasteiger partial charge on any atom is 0.234 e. The highest BCUT2D eigenvalue weighted by atomic mass is 127. The van der Waals surface area contributed by atoms with E-state index in [0.717, 1.165) is 58.4 Å². The van der Waals surface area contributed by atoms with Crippen LogP contribution in [0.5, 0.6) is 5.75 Å². The molecule has 3 rings (SSSR count). The fourth-order valence-corrected chi connectivity index (χ4v) is 5.31. The average Bonchev–Trinajstić information content (AvgIpc) is 3.09. The Bertz CT molecular complexity index is 1090. The predicted octanol–water partition coefficient (Wildman–Crippen LogP) is 5.26. The number of ether oxygens (including phenoxy) is 1. The van der Waals surface area contributed by atoms with E-state index in [4.69, 9.17) is 4.74 Å². The van der Waals surface area contributed by atoms with E-state index in [9.17, 15) is 4.79 Å². The highest BCUT2D eigenvalue weighted by Crippen LogP contribution is 2.24. The molecule has 2 aromatic carbocycles. The van der Waals surface area contributed by atoms with E-state index in [1.807, 2.05) is 31.5 Å². The van der Waals surface area contributed by atoms with Gasteiger partial charge in [0.2, 0.25) is 5.91 Å². The molecule has 0 saturated heterocycles. The molecule has 0 aliphatic heterocycles. The summed E-state index contributed by atoms with van der Waals surface area (Å²) >= 11 is 3.70. The lowest BCUT2D eigenvalue weighted by Gasteiger charge is -2.12. The summed E-state index contributed by atoms with van der Waals surface area (Å²) in [5.74, 6) is 2.10. The first-order valence-electron chi connectivity index (χ1n) is 10.5. The van der Waals surface area contributed by atoms with E-state index in [2.05, 4.69) is 69.3 Å². The van der Waals surface area contributed by atoms with Crippen LogP contribution < -0.4 is 10.1 Å². The van der Waals surface area contributed by atoms with Crippen LogP contribution >= 0.6 is 34.4 Å². The molecule has 170 valence electrons. The lowest BCUT2D eigenvalue weighted by Crippen LogP contribution is -2.16. The Morgan fingerprint density at radius 2 is 1.81 bits per heavy atom. The molecule has 1 aromatic heterocycles. The van der Waals surface area contributed by atoms with Gasteiger partial charge in [-0.3, -0.25) is 4.79 Å². The van der Waals surface area contributed by atoms with Gasteiger partial charge in [-0.05, 0) is 96.7 Å². The van der Waals surface area contributed by atoms with Crippen LogP contribution in [-0.2, 0) is 24.7 Å². The molecule has 0 radical (unpaired) electrons. The lowest BCUT2D eigenvalue weighted by molar-refractivity contribution is -0.113. The van der Waals surface area contributed by atoms with Crippen molar-refractivity contribution in [2.75, 3.05) is 18.2 Å². The number of nitrogens with one attached hydrogen (secondary N) is 1. The number of halogens is 1. The minimum atomic E-state index is -0.0400. The summed E-state index contributed by atoms with van der Waals surface area (Å²) in [5.41, 5.74) is 5.47. The van der Waals surface area contributed by atoms with Gasteiger partial charge in [0.05, 0.1) is 12.9 Å². The molecule has 0 fully saturated rings. The number of hydrogen-bond donors (Lipinski definition) is 1. The zero-order valence-electron chi connectivity index (χ0n) is 19.2. The first kappa shape index (κ1) is 24.6. The number of carbonyl (C=O) groups excluding carboxylic acids is 1. The lowest BCUT2D eigenvalue weighted by atomic mass is 10.0. The number of anilines is 1. The molecular weight excluding hydrogens is 535 g/mol. The summed E-state index contributed by atoms with van der Waals surface area (Å²) in [5, 5.41) is 12.4.